The molecule has 3 rings (SSSR count). The molecule has 7 atom stereocenters. The predicted molar refractivity (Wildman–Crippen MR) is 160 cm³/mol. The van der Waals surface area contributed by atoms with Crippen LogP contribution in [0.1, 0.15) is 53.5 Å². The maximum absolute atomic E-state index is 12.3. The predicted octanol–water partition coefficient (Wildman–Crippen LogP) is 3.16. The van der Waals surface area contributed by atoms with Gasteiger partial charge in [0.2, 0.25) is 0 Å². The number of ether oxygens (including phenoxy) is 8. The van der Waals surface area contributed by atoms with E-state index in [0.29, 0.717) is 18.8 Å². The first-order chi connectivity index (χ1) is 21.8. The first-order valence-corrected chi connectivity index (χ1v) is 15.0. The van der Waals surface area contributed by atoms with E-state index in [1.54, 1.807) is 18.2 Å². The summed E-state index contributed by atoms with van der Waals surface area (Å²) in [6.45, 7) is 8.02. The highest BCUT2D eigenvalue weighted by atomic mass is 16.7. The Bertz CT molecular complexity index is 1290. The maximum Gasteiger partial charge on any atom is 0.303 e. The van der Waals surface area contributed by atoms with Gasteiger partial charge in [0.15, 0.2) is 24.6 Å². The Kier molecular flexibility index (Phi) is 13.3. The van der Waals surface area contributed by atoms with Gasteiger partial charge in [0, 0.05) is 34.6 Å². The van der Waals surface area contributed by atoms with Crippen molar-refractivity contribution in [2.45, 2.75) is 91.2 Å². The standard InChI is InChI=1S/C33H42O13/c1-7-16-39-26-13-11-25(12-14-26)17-33(19-41-21(3)35)15-9-8-10-28(33)46-32-31(44-24(6)38)30(43-23(5)37)29(42-22(4)36)27(45-32)18-40-20(2)34/h8-15,27-32H,7,16-19H2,1-6H3/t27-,28?,29-,30+,31-,32+,33?/m1/s1. The fourth-order valence-electron chi connectivity index (χ4n) is 5.20. The highest BCUT2D eigenvalue weighted by Crippen LogP contribution is 2.39. The minimum absolute atomic E-state index is 0.0901. The molecule has 1 fully saturated rings. The van der Waals surface area contributed by atoms with E-state index >= 15 is 0 Å². The van der Waals surface area contributed by atoms with Crippen LogP contribution in [0.3, 0.4) is 0 Å². The summed E-state index contributed by atoms with van der Waals surface area (Å²) < 4.78 is 45.6. The molecule has 1 heterocycles. The molecule has 0 radical (unpaired) electrons. The number of esters is 5. The van der Waals surface area contributed by atoms with Crippen LogP contribution in [0.5, 0.6) is 5.75 Å². The zero-order valence-electron chi connectivity index (χ0n) is 26.9. The molecule has 252 valence electrons. The van der Waals surface area contributed by atoms with Crippen LogP contribution in [0.4, 0.5) is 0 Å². The minimum Gasteiger partial charge on any atom is -0.494 e. The van der Waals surface area contributed by atoms with Gasteiger partial charge < -0.3 is 37.9 Å². The number of allylic oxidation sites excluding steroid dienone is 2. The summed E-state index contributed by atoms with van der Waals surface area (Å²) in [6, 6.07) is 7.50. The van der Waals surface area contributed by atoms with Gasteiger partial charge in [-0.15, -0.1) is 0 Å². The van der Waals surface area contributed by atoms with E-state index < -0.39 is 78.7 Å². The van der Waals surface area contributed by atoms with Crippen molar-refractivity contribution in [2.75, 3.05) is 19.8 Å². The lowest BCUT2D eigenvalue weighted by atomic mass is 9.74. The van der Waals surface area contributed by atoms with Gasteiger partial charge in [0.05, 0.1) is 18.1 Å². The molecule has 0 N–H and O–H groups in total. The van der Waals surface area contributed by atoms with Crippen LogP contribution < -0.4 is 4.74 Å². The van der Waals surface area contributed by atoms with E-state index in [1.165, 1.54) is 13.8 Å². The van der Waals surface area contributed by atoms with Crippen LogP contribution in [0.2, 0.25) is 0 Å². The van der Waals surface area contributed by atoms with Gasteiger partial charge in [-0.25, -0.2) is 0 Å². The van der Waals surface area contributed by atoms with Crippen LogP contribution in [0, 0.1) is 5.41 Å². The number of benzene rings is 1. The van der Waals surface area contributed by atoms with Crippen molar-refractivity contribution >= 4 is 29.8 Å². The molecule has 13 heteroatoms. The molecule has 1 aliphatic heterocycles. The van der Waals surface area contributed by atoms with Crippen molar-refractivity contribution in [3.8, 4) is 5.75 Å². The van der Waals surface area contributed by atoms with Crippen molar-refractivity contribution in [3.63, 3.8) is 0 Å². The summed E-state index contributed by atoms with van der Waals surface area (Å²) in [7, 11) is 0. The number of carbonyl (C=O) groups is 5. The van der Waals surface area contributed by atoms with Crippen LogP contribution in [-0.4, -0.2) is 86.5 Å². The normalized spacial score (nSPS) is 26.8. The van der Waals surface area contributed by atoms with E-state index in [2.05, 4.69) is 0 Å². The molecule has 46 heavy (non-hydrogen) atoms. The van der Waals surface area contributed by atoms with E-state index in [9.17, 15) is 24.0 Å². The molecule has 1 aromatic rings. The van der Waals surface area contributed by atoms with Crippen LogP contribution in [0.15, 0.2) is 48.6 Å². The largest absolute Gasteiger partial charge is 0.494 e. The average molecular weight is 647 g/mol. The summed E-state index contributed by atoms with van der Waals surface area (Å²) >= 11 is 0. The quantitative estimate of drug-likeness (QED) is 0.214. The van der Waals surface area contributed by atoms with Gasteiger partial charge in [-0.1, -0.05) is 43.4 Å². The molecule has 0 spiro atoms. The van der Waals surface area contributed by atoms with E-state index in [4.69, 9.17) is 37.9 Å². The summed E-state index contributed by atoms with van der Waals surface area (Å²) in [6.07, 6.45) is 0.723. The van der Waals surface area contributed by atoms with Gasteiger partial charge in [-0.05, 0) is 30.5 Å². The maximum atomic E-state index is 12.3. The molecule has 0 amide bonds. The van der Waals surface area contributed by atoms with Crippen LogP contribution in [-0.2, 0) is 63.6 Å². The number of carbonyl (C=O) groups excluding carboxylic acids is 5. The summed E-state index contributed by atoms with van der Waals surface area (Å²) in [5, 5.41) is 0. The van der Waals surface area contributed by atoms with Crippen LogP contribution >= 0.6 is 0 Å². The third-order valence-corrected chi connectivity index (χ3v) is 7.09. The van der Waals surface area contributed by atoms with E-state index in [0.717, 1.165) is 32.8 Å². The van der Waals surface area contributed by atoms with Gasteiger partial charge in [-0.3, -0.25) is 24.0 Å². The summed E-state index contributed by atoms with van der Waals surface area (Å²) in [5.41, 5.74) is -0.100. The molecule has 2 aliphatic rings. The van der Waals surface area contributed by atoms with Crippen molar-refractivity contribution in [1.29, 1.82) is 0 Å². The van der Waals surface area contributed by atoms with E-state index in [1.807, 2.05) is 37.3 Å². The Morgan fingerprint density at radius 2 is 1.37 bits per heavy atom. The second-order valence-electron chi connectivity index (χ2n) is 11.1. The molecule has 0 aromatic heterocycles. The number of hydrogen-bond acceptors (Lipinski definition) is 13. The zero-order valence-corrected chi connectivity index (χ0v) is 26.9. The molecule has 1 aromatic carbocycles. The topological polar surface area (TPSA) is 159 Å². The first kappa shape index (κ1) is 36.2. The van der Waals surface area contributed by atoms with Crippen molar-refractivity contribution in [1.82, 2.24) is 0 Å². The van der Waals surface area contributed by atoms with Crippen molar-refractivity contribution in [3.05, 3.63) is 54.1 Å². The summed E-state index contributed by atoms with van der Waals surface area (Å²) in [4.78, 5) is 60.3. The fraction of sp³-hybridized carbons (Fsp3) is 0.545. The Balaban J connectivity index is 2.03. The zero-order chi connectivity index (χ0) is 33.9. The van der Waals surface area contributed by atoms with Gasteiger partial charge >= 0.3 is 29.8 Å². The molecule has 0 saturated carbocycles. The van der Waals surface area contributed by atoms with Crippen molar-refractivity contribution < 1.29 is 61.9 Å². The SMILES string of the molecule is CCCOc1ccc(CC2(COC(C)=O)C=CC=CC2O[C@@H]2O[C@H](COC(C)=O)[C@@H](OC(C)=O)[C@H](OC(C)=O)[C@H]2OC(C)=O)cc1. The second kappa shape index (κ2) is 16.9. The third-order valence-electron chi connectivity index (χ3n) is 7.09. The molecular weight excluding hydrogens is 604 g/mol. The first-order valence-electron chi connectivity index (χ1n) is 15.0. The lowest BCUT2D eigenvalue weighted by Gasteiger charge is -2.46. The second-order valence-corrected chi connectivity index (χ2v) is 11.1. The Labute approximate surface area is 268 Å². The monoisotopic (exact) mass is 646 g/mol. The number of hydrogen-bond donors (Lipinski definition) is 0. The van der Waals surface area contributed by atoms with Crippen molar-refractivity contribution in [2.24, 2.45) is 5.41 Å². The highest BCUT2D eigenvalue weighted by Gasteiger charge is 2.54. The fourth-order valence-corrected chi connectivity index (χ4v) is 5.20. The lowest BCUT2D eigenvalue weighted by molar-refractivity contribution is -0.319. The number of rotatable bonds is 14. The van der Waals surface area contributed by atoms with Gasteiger partial charge in [0.25, 0.3) is 0 Å². The molecular formula is C33H42O13. The molecule has 13 nitrogen and oxygen atoms in total. The van der Waals surface area contributed by atoms with Gasteiger partial charge in [0.1, 0.15) is 25.1 Å². The molecule has 1 saturated heterocycles. The average Bonchev–Trinajstić information content (AvgIpc) is 2.98. The Morgan fingerprint density at radius 3 is 1.96 bits per heavy atom. The Morgan fingerprint density at radius 1 is 0.761 bits per heavy atom. The molecule has 0 bridgehead atoms. The molecule has 1 aliphatic carbocycles. The molecule has 2 unspecified atom stereocenters. The minimum atomic E-state index is -1.43. The van der Waals surface area contributed by atoms with Crippen LogP contribution in [0.25, 0.3) is 0 Å². The Hall–Kier alpha value is -4.23. The highest BCUT2D eigenvalue weighted by molar-refractivity contribution is 5.69. The van der Waals surface area contributed by atoms with Gasteiger partial charge in [-0.2, -0.15) is 0 Å². The van der Waals surface area contributed by atoms with E-state index in [-0.39, 0.29) is 6.61 Å². The smallest absolute Gasteiger partial charge is 0.303 e. The summed E-state index contributed by atoms with van der Waals surface area (Å²) in [5.74, 6) is -2.69. The third kappa shape index (κ3) is 10.4. The lowest BCUT2D eigenvalue weighted by Crippen LogP contribution is -2.64.